The molecule has 0 spiro atoms. The molecule has 1 aliphatic rings. The first-order valence-corrected chi connectivity index (χ1v) is 6.48. The number of ether oxygens (including phenoxy) is 1. The largest absolute Gasteiger partial charge is 0.381 e. The lowest BCUT2D eigenvalue weighted by Crippen LogP contribution is -2.17. The molecule has 0 aliphatic carbocycles. The van der Waals surface area contributed by atoms with Crippen molar-refractivity contribution in [1.82, 2.24) is 4.98 Å². The van der Waals surface area contributed by atoms with E-state index in [-0.39, 0.29) is 5.82 Å². The normalized spacial score (nSPS) is 18.0. The monoisotopic (exact) mass is 291 g/mol. The summed E-state index contributed by atoms with van der Waals surface area (Å²) < 4.78 is 19.4. The Balaban J connectivity index is 2.03. The maximum absolute atomic E-state index is 13.5. The Morgan fingerprint density at radius 1 is 1.47 bits per heavy atom. The summed E-state index contributed by atoms with van der Waals surface area (Å²) in [5, 5.41) is 0.923. The predicted octanol–water partition coefficient (Wildman–Crippen LogP) is 3.25. The van der Waals surface area contributed by atoms with Crippen LogP contribution in [0.5, 0.6) is 0 Å². The molecule has 1 aliphatic heterocycles. The van der Waals surface area contributed by atoms with Gasteiger partial charge in [-0.05, 0) is 34.8 Å². The van der Waals surface area contributed by atoms with Crippen molar-refractivity contribution in [3.05, 3.63) is 22.6 Å². The first kappa shape index (κ1) is 11.4. The molecule has 5 heteroatoms. The zero-order valence-electron chi connectivity index (χ0n) is 8.08. The van der Waals surface area contributed by atoms with Crippen molar-refractivity contribution in [2.75, 3.05) is 13.2 Å². The number of aromatic nitrogens is 1. The van der Waals surface area contributed by atoms with E-state index < -0.39 is 0 Å². The van der Waals surface area contributed by atoms with Crippen molar-refractivity contribution in [1.29, 1.82) is 0 Å². The molecule has 0 unspecified atom stereocenters. The topological polar surface area (TPSA) is 22.1 Å². The number of rotatable bonds is 2. The fourth-order valence-corrected chi connectivity index (χ4v) is 2.77. The maximum atomic E-state index is 13.5. The molecule has 0 bridgehead atoms. The minimum Gasteiger partial charge on any atom is -0.381 e. The van der Waals surface area contributed by atoms with E-state index in [2.05, 4.69) is 20.9 Å². The first-order chi connectivity index (χ1) is 7.25. The molecule has 15 heavy (non-hydrogen) atoms. The first-order valence-electron chi connectivity index (χ1n) is 4.81. The quantitative estimate of drug-likeness (QED) is 0.835. The molecule has 1 fully saturated rings. The van der Waals surface area contributed by atoms with Crippen LogP contribution in [-0.2, 0) is 4.74 Å². The highest BCUT2D eigenvalue weighted by Gasteiger charge is 2.17. The Morgan fingerprint density at radius 3 is 2.87 bits per heavy atom. The van der Waals surface area contributed by atoms with E-state index in [9.17, 15) is 4.39 Å². The minimum absolute atomic E-state index is 0.249. The molecule has 2 rings (SSSR count). The molecule has 0 atom stereocenters. The average Bonchev–Trinajstić information content (AvgIpc) is 2.24. The van der Waals surface area contributed by atoms with Crippen LogP contribution >= 0.6 is 27.7 Å². The van der Waals surface area contributed by atoms with Gasteiger partial charge in [-0.25, -0.2) is 9.37 Å². The van der Waals surface area contributed by atoms with Gasteiger partial charge in [0.15, 0.2) is 5.82 Å². The predicted molar refractivity (Wildman–Crippen MR) is 61.6 cm³/mol. The van der Waals surface area contributed by atoms with Gasteiger partial charge in [0.25, 0.3) is 0 Å². The van der Waals surface area contributed by atoms with Crippen LogP contribution in [0.4, 0.5) is 4.39 Å². The standard InChI is InChI=1S/C10H11BrFNOS/c11-7-5-9(12)10(13-6-7)15-8-1-3-14-4-2-8/h5-6,8H,1-4H2. The summed E-state index contributed by atoms with van der Waals surface area (Å²) in [7, 11) is 0. The van der Waals surface area contributed by atoms with Crippen LogP contribution in [0.2, 0.25) is 0 Å². The van der Waals surface area contributed by atoms with Gasteiger partial charge in [0.05, 0.1) is 0 Å². The number of nitrogens with zero attached hydrogens (tertiary/aromatic N) is 1. The van der Waals surface area contributed by atoms with Crippen LogP contribution < -0.4 is 0 Å². The number of halogens is 2. The van der Waals surface area contributed by atoms with Gasteiger partial charge in [-0.1, -0.05) is 11.8 Å². The summed E-state index contributed by atoms with van der Waals surface area (Å²) >= 11 is 4.70. The van der Waals surface area contributed by atoms with Gasteiger partial charge >= 0.3 is 0 Å². The smallest absolute Gasteiger partial charge is 0.156 e. The summed E-state index contributed by atoms with van der Waals surface area (Å²) in [6, 6.07) is 1.45. The molecule has 0 saturated carbocycles. The van der Waals surface area contributed by atoms with Crippen LogP contribution in [0.25, 0.3) is 0 Å². The van der Waals surface area contributed by atoms with Crippen LogP contribution in [0.15, 0.2) is 21.8 Å². The van der Waals surface area contributed by atoms with Gasteiger partial charge in [0.1, 0.15) is 5.03 Å². The van der Waals surface area contributed by atoms with Gasteiger partial charge in [-0.2, -0.15) is 0 Å². The summed E-state index contributed by atoms with van der Waals surface area (Å²) in [6.45, 7) is 1.55. The molecule has 1 aromatic heterocycles. The molecule has 0 amide bonds. The van der Waals surface area contributed by atoms with E-state index in [4.69, 9.17) is 4.74 Å². The summed E-state index contributed by atoms with van der Waals surface area (Å²) in [5.74, 6) is -0.249. The fourth-order valence-electron chi connectivity index (χ4n) is 1.44. The van der Waals surface area contributed by atoms with Crippen molar-refractivity contribution in [3.63, 3.8) is 0 Å². The van der Waals surface area contributed by atoms with E-state index in [0.717, 1.165) is 26.1 Å². The van der Waals surface area contributed by atoms with Crippen molar-refractivity contribution < 1.29 is 9.13 Å². The highest BCUT2D eigenvalue weighted by Crippen LogP contribution is 2.30. The molecule has 0 N–H and O–H groups in total. The Hall–Kier alpha value is -0.130. The van der Waals surface area contributed by atoms with Gasteiger partial charge in [-0.15, -0.1) is 0 Å². The second-order valence-electron chi connectivity index (χ2n) is 3.37. The lowest BCUT2D eigenvalue weighted by atomic mass is 10.2. The molecule has 2 nitrogen and oxygen atoms in total. The maximum Gasteiger partial charge on any atom is 0.156 e. The number of thioether (sulfide) groups is 1. The van der Waals surface area contributed by atoms with Gasteiger partial charge in [0.2, 0.25) is 0 Å². The zero-order valence-corrected chi connectivity index (χ0v) is 10.5. The Labute approximate surface area is 101 Å². The van der Waals surface area contributed by atoms with Crippen molar-refractivity contribution >= 4 is 27.7 Å². The summed E-state index contributed by atoms with van der Waals surface area (Å²) in [4.78, 5) is 4.07. The molecule has 1 saturated heterocycles. The summed E-state index contributed by atoms with van der Waals surface area (Å²) in [5.41, 5.74) is 0. The third-order valence-electron chi connectivity index (χ3n) is 2.22. The molecular formula is C10H11BrFNOS. The SMILES string of the molecule is Fc1cc(Br)cnc1SC1CCOCC1. The third kappa shape index (κ3) is 3.16. The van der Waals surface area contributed by atoms with Crippen molar-refractivity contribution in [2.24, 2.45) is 0 Å². The molecule has 2 heterocycles. The number of hydrogen-bond donors (Lipinski definition) is 0. The number of hydrogen-bond acceptors (Lipinski definition) is 3. The van der Waals surface area contributed by atoms with E-state index >= 15 is 0 Å². The van der Waals surface area contributed by atoms with Gasteiger partial charge < -0.3 is 4.74 Å². The summed E-state index contributed by atoms with van der Waals surface area (Å²) in [6.07, 6.45) is 3.58. The Kier molecular flexibility index (Phi) is 3.99. The molecule has 1 aromatic rings. The average molecular weight is 292 g/mol. The van der Waals surface area contributed by atoms with Crippen LogP contribution in [0.1, 0.15) is 12.8 Å². The second-order valence-corrected chi connectivity index (χ2v) is 5.57. The molecule has 0 aromatic carbocycles. The molecular weight excluding hydrogens is 281 g/mol. The van der Waals surface area contributed by atoms with E-state index in [0.29, 0.717) is 14.7 Å². The highest BCUT2D eigenvalue weighted by molar-refractivity contribution is 9.10. The molecule has 82 valence electrons. The van der Waals surface area contributed by atoms with E-state index in [1.54, 1.807) is 6.20 Å². The fraction of sp³-hybridized carbons (Fsp3) is 0.500. The molecule has 0 radical (unpaired) electrons. The van der Waals surface area contributed by atoms with Crippen molar-refractivity contribution in [2.45, 2.75) is 23.1 Å². The van der Waals surface area contributed by atoms with E-state index in [1.165, 1.54) is 17.8 Å². The minimum atomic E-state index is -0.249. The highest BCUT2D eigenvalue weighted by atomic mass is 79.9. The zero-order chi connectivity index (χ0) is 10.7. The Bertz CT molecular complexity index is 344. The van der Waals surface area contributed by atoms with Crippen LogP contribution in [0.3, 0.4) is 0 Å². The lowest BCUT2D eigenvalue weighted by Gasteiger charge is -2.20. The lowest BCUT2D eigenvalue weighted by molar-refractivity contribution is 0.1000. The van der Waals surface area contributed by atoms with Gasteiger partial charge in [-0.3, -0.25) is 0 Å². The van der Waals surface area contributed by atoms with Crippen LogP contribution in [0, 0.1) is 5.82 Å². The number of pyridine rings is 1. The van der Waals surface area contributed by atoms with E-state index in [1.807, 2.05) is 0 Å². The Morgan fingerprint density at radius 2 is 2.20 bits per heavy atom. The second kappa shape index (κ2) is 5.27. The van der Waals surface area contributed by atoms with Crippen LogP contribution in [-0.4, -0.2) is 23.4 Å². The van der Waals surface area contributed by atoms with Gasteiger partial charge in [0, 0.05) is 29.1 Å². The third-order valence-corrected chi connectivity index (χ3v) is 3.98. The van der Waals surface area contributed by atoms with Crippen molar-refractivity contribution in [3.8, 4) is 0 Å².